The van der Waals surface area contributed by atoms with Gasteiger partial charge in [-0.2, -0.15) is 0 Å². The Morgan fingerprint density at radius 1 is 0.970 bits per heavy atom. The molecule has 3 rings (SSSR count). The van der Waals surface area contributed by atoms with E-state index in [0.717, 1.165) is 37.0 Å². The molecule has 33 heavy (non-hydrogen) atoms. The van der Waals surface area contributed by atoms with Crippen molar-refractivity contribution in [3.8, 4) is 17.2 Å². The number of benzene rings is 1. The summed E-state index contributed by atoms with van der Waals surface area (Å²) in [6, 6.07) is 8.05. The number of rotatable bonds is 9. The minimum atomic E-state index is 0. The molecule has 0 radical (unpaired) electrons. The maximum Gasteiger partial charge on any atom is 0.203 e. The van der Waals surface area contributed by atoms with E-state index in [1.54, 1.807) is 21.3 Å². The van der Waals surface area contributed by atoms with E-state index in [2.05, 4.69) is 33.5 Å². The van der Waals surface area contributed by atoms with Gasteiger partial charge in [0.15, 0.2) is 17.5 Å². The molecule has 1 aromatic carbocycles. The topological polar surface area (TPSA) is 80.2 Å². The van der Waals surface area contributed by atoms with Crippen LogP contribution in [0, 0.1) is 0 Å². The first kappa shape index (κ1) is 26.8. The Labute approximate surface area is 214 Å². The van der Waals surface area contributed by atoms with E-state index in [1.807, 2.05) is 24.4 Å². The number of halogens is 1. The molecule has 0 aliphatic carbocycles. The first-order valence-corrected chi connectivity index (χ1v) is 11.2. The number of nitrogens with zero attached hydrogens (tertiary/aromatic N) is 3. The van der Waals surface area contributed by atoms with E-state index in [1.165, 1.54) is 24.8 Å². The lowest BCUT2D eigenvalue weighted by atomic mass is 10.1. The van der Waals surface area contributed by atoms with Gasteiger partial charge in [-0.15, -0.1) is 24.0 Å². The first-order valence-electron chi connectivity index (χ1n) is 11.2. The Balaban J connectivity index is 0.00000385. The van der Waals surface area contributed by atoms with Gasteiger partial charge in [-0.25, -0.2) is 9.98 Å². The summed E-state index contributed by atoms with van der Waals surface area (Å²) in [5.74, 6) is 3.63. The van der Waals surface area contributed by atoms with Crippen LogP contribution in [0.2, 0.25) is 0 Å². The van der Waals surface area contributed by atoms with Crippen molar-refractivity contribution in [2.24, 2.45) is 4.99 Å². The normalized spacial score (nSPS) is 13.7. The molecule has 0 saturated carbocycles. The van der Waals surface area contributed by atoms with Crippen LogP contribution in [-0.2, 0) is 13.1 Å². The van der Waals surface area contributed by atoms with Gasteiger partial charge < -0.3 is 29.7 Å². The maximum absolute atomic E-state index is 5.45. The largest absolute Gasteiger partial charge is 0.493 e. The van der Waals surface area contributed by atoms with Crippen LogP contribution in [0.3, 0.4) is 0 Å². The van der Waals surface area contributed by atoms with Crippen molar-refractivity contribution < 1.29 is 14.2 Å². The van der Waals surface area contributed by atoms with E-state index in [4.69, 9.17) is 19.2 Å². The van der Waals surface area contributed by atoms with Gasteiger partial charge in [0.1, 0.15) is 5.82 Å². The van der Waals surface area contributed by atoms with Crippen LogP contribution in [0.4, 0.5) is 5.82 Å². The van der Waals surface area contributed by atoms with Gasteiger partial charge in [-0.05, 0) is 61.6 Å². The van der Waals surface area contributed by atoms with E-state index < -0.39 is 0 Å². The van der Waals surface area contributed by atoms with Gasteiger partial charge in [0.2, 0.25) is 5.75 Å². The van der Waals surface area contributed by atoms with Crippen molar-refractivity contribution >= 4 is 35.8 Å². The quantitative estimate of drug-likeness (QED) is 0.269. The number of piperidine rings is 1. The number of pyridine rings is 1. The molecule has 8 nitrogen and oxygen atoms in total. The van der Waals surface area contributed by atoms with Gasteiger partial charge in [0.05, 0.1) is 27.9 Å². The Kier molecular flexibility index (Phi) is 11.4. The predicted molar refractivity (Wildman–Crippen MR) is 143 cm³/mol. The van der Waals surface area contributed by atoms with Crippen LogP contribution in [0.1, 0.15) is 37.3 Å². The number of nitrogens with one attached hydrogen (secondary N) is 2. The third kappa shape index (κ3) is 7.55. The second kappa shape index (κ2) is 14.0. The fraction of sp³-hybridized carbons (Fsp3) is 0.500. The zero-order valence-corrected chi connectivity index (χ0v) is 22.3. The SMILES string of the molecule is CCNC(=NCc1cc(OC)c(OC)c(OC)c1)NCc1ccnc(N2CCCCC2)c1.I. The monoisotopic (exact) mass is 569 g/mol. The zero-order valence-electron chi connectivity index (χ0n) is 20.0. The number of hydrogen-bond donors (Lipinski definition) is 2. The molecular weight excluding hydrogens is 533 g/mol. The minimum Gasteiger partial charge on any atom is -0.493 e. The summed E-state index contributed by atoms with van der Waals surface area (Å²) in [4.78, 5) is 11.7. The molecule has 9 heteroatoms. The van der Waals surface area contributed by atoms with Crippen LogP contribution >= 0.6 is 24.0 Å². The van der Waals surface area contributed by atoms with Crippen LogP contribution in [0.15, 0.2) is 35.5 Å². The molecule has 0 spiro atoms. The molecule has 1 saturated heterocycles. The van der Waals surface area contributed by atoms with E-state index in [0.29, 0.717) is 30.3 Å². The summed E-state index contributed by atoms with van der Waals surface area (Å²) in [6.45, 7) is 6.14. The maximum atomic E-state index is 5.45. The van der Waals surface area contributed by atoms with Crippen LogP contribution < -0.4 is 29.7 Å². The number of aliphatic imine (C=N–C) groups is 1. The summed E-state index contributed by atoms with van der Waals surface area (Å²) < 4.78 is 16.3. The van der Waals surface area contributed by atoms with Gasteiger partial charge in [0, 0.05) is 32.4 Å². The van der Waals surface area contributed by atoms with Crippen molar-refractivity contribution in [1.82, 2.24) is 15.6 Å². The molecule has 1 aromatic heterocycles. The molecule has 1 aliphatic rings. The number of aromatic nitrogens is 1. The fourth-order valence-corrected chi connectivity index (χ4v) is 3.79. The van der Waals surface area contributed by atoms with Crippen LogP contribution in [0.5, 0.6) is 17.2 Å². The molecule has 1 aliphatic heterocycles. The average molecular weight is 569 g/mol. The summed E-state index contributed by atoms with van der Waals surface area (Å²) in [6.07, 6.45) is 5.68. The summed E-state index contributed by atoms with van der Waals surface area (Å²) >= 11 is 0. The second-order valence-corrected chi connectivity index (χ2v) is 7.65. The highest BCUT2D eigenvalue weighted by atomic mass is 127. The third-order valence-electron chi connectivity index (χ3n) is 5.44. The number of hydrogen-bond acceptors (Lipinski definition) is 6. The lowest BCUT2D eigenvalue weighted by molar-refractivity contribution is 0.324. The summed E-state index contributed by atoms with van der Waals surface area (Å²) in [5.41, 5.74) is 2.15. The Morgan fingerprint density at radius 3 is 2.27 bits per heavy atom. The standard InChI is InChI=1S/C24H35N5O3.HI/c1-5-25-24(28-17-19-13-20(30-2)23(32-4)21(14-19)31-3)27-16-18-9-10-26-22(15-18)29-11-7-6-8-12-29;/h9-10,13-15H,5-8,11-12,16-17H2,1-4H3,(H2,25,27,28);1H. The highest BCUT2D eigenvalue weighted by Crippen LogP contribution is 2.38. The average Bonchev–Trinajstić information content (AvgIpc) is 2.85. The summed E-state index contributed by atoms with van der Waals surface area (Å²) in [5, 5.41) is 6.73. The van der Waals surface area contributed by atoms with Crippen molar-refractivity contribution in [1.29, 1.82) is 0 Å². The van der Waals surface area contributed by atoms with Crippen LogP contribution in [0.25, 0.3) is 0 Å². The van der Waals surface area contributed by atoms with Crippen molar-refractivity contribution in [3.05, 3.63) is 41.6 Å². The molecule has 182 valence electrons. The molecule has 1 fully saturated rings. The Morgan fingerprint density at radius 2 is 1.67 bits per heavy atom. The van der Waals surface area contributed by atoms with Gasteiger partial charge in [-0.3, -0.25) is 0 Å². The van der Waals surface area contributed by atoms with Crippen molar-refractivity contribution in [2.75, 3.05) is 45.9 Å². The molecule has 2 heterocycles. The molecular formula is C24H36IN5O3. The fourth-order valence-electron chi connectivity index (χ4n) is 3.79. The van der Waals surface area contributed by atoms with Crippen LogP contribution in [-0.4, -0.2) is 51.9 Å². The lowest BCUT2D eigenvalue weighted by Gasteiger charge is -2.28. The van der Waals surface area contributed by atoms with E-state index in [-0.39, 0.29) is 24.0 Å². The Bertz CT molecular complexity index is 878. The zero-order chi connectivity index (χ0) is 22.8. The molecule has 2 N–H and O–H groups in total. The lowest BCUT2D eigenvalue weighted by Crippen LogP contribution is -2.37. The highest BCUT2D eigenvalue weighted by molar-refractivity contribution is 14.0. The minimum absolute atomic E-state index is 0. The van der Waals surface area contributed by atoms with Crippen molar-refractivity contribution in [3.63, 3.8) is 0 Å². The van der Waals surface area contributed by atoms with E-state index >= 15 is 0 Å². The molecule has 0 bridgehead atoms. The second-order valence-electron chi connectivity index (χ2n) is 7.65. The van der Waals surface area contributed by atoms with Crippen molar-refractivity contribution in [2.45, 2.75) is 39.3 Å². The number of methoxy groups -OCH3 is 3. The molecule has 0 atom stereocenters. The van der Waals surface area contributed by atoms with Gasteiger partial charge >= 0.3 is 0 Å². The first-order chi connectivity index (χ1) is 15.7. The number of ether oxygens (including phenoxy) is 3. The van der Waals surface area contributed by atoms with Gasteiger partial charge in [0.25, 0.3) is 0 Å². The van der Waals surface area contributed by atoms with E-state index in [9.17, 15) is 0 Å². The molecule has 0 amide bonds. The summed E-state index contributed by atoms with van der Waals surface area (Å²) in [7, 11) is 4.83. The number of guanidine groups is 1. The predicted octanol–water partition coefficient (Wildman–Crippen LogP) is 3.97. The smallest absolute Gasteiger partial charge is 0.203 e. The van der Waals surface area contributed by atoms with Gasteiger partial charge in [-0.1, -0.05) is 0 Å². The molecule has 0 unspecified atom stereocenters. The molecule has 2 aromatic rings. The number of anilines is 1. The third-order valence-corrected chi connectivity index (χ3v) is 5.44. The highest BCUT2D eigenvalue weighted by Gasteiger charge is 2.14. The Hall–Kier alpha value is -2.43.